The van der Waals surface area contributed by atoms with Gasteiger partial charge in [-0.2, -0.15) is 0 Å². The standard InChI is InChI=1S/C23H24ClN3O4/c24-27-20-4-2-1-3-19(20)17(13-21(27)23(29)30)14-22(28)25-18-7-5-16(6-8-18)15-26-9-11-31-12-10-26/h1-8,14,21H,9-13,15H2,(H,25,28)(H,29,30). The number of ether oxygens (including phenoxy) is 1. The van der Waals surface area contributed by atoms with E-state index < -0.39 is 12.0 Å². The number of carboxylic acids is 1. The zero-order chi connectivity index (χ0) is 21.8. The zero-order valence-electron chi connectivity index (χ0n) is 17.0. The van der Waals surface area contributed by atoms with Crippen LogP contribution in [0.25, 0.3) is 5.57 Å². The van der Waals surface area contributed by atoms with Gasteiger partial charge in [0.25, 0.3) is 0 Å². The van der Waals surface area contributed by atoms with Crippen molar-refractivity contribution in [1.29, 1.82) is 0 Å². The van der Waals surface area contributed by atoms with Crippen LogP contribution >= 0.6 is 11.8 Å². The van der Waals surface area contributed by atoms with Gasteiger partial charge < -0.3 is 15.2 Å². The summed E-state index contributed by atoms with van der Waals surface area (Å²) in [6, 6.07) is 14.0. The molecule has 4 rings (SSSR count). The fourth-order valence-corrected chi connectivity index (χ4v) is 4.17. The van der Waals surface area contributed by atoms with Crippen molar-refractivity contribution < 1.29 is 19.4 Å². The van der Waals surface area contributed by atoms with Gasteiger partial charge in [-0.3, -0.25) is 14.1 Å². The van der Waals surface area contributed by atoms with Gasteiger partial charge in [-0.1, -0.05) is 30.3 Å². The monoisotopic (exact) mass is 441 g/mol. The van der Waals surface area contributed by atoms with E-state index in [0.717, 1.165) is 38.4 Å². The van der Waals surface area contributed by atoms with E-state index in [9.17, 15) is 14.7 Å². The highest BCUT2D eigenvalue weighted by molar-refractivity contribution is 6.29. The quantitative estimate of drug-likeness (QED) is 0.547. The third-order valence-electron chi connectivity index (χ3n) is 5.49. The van der Waals surface area contributed by atoms with Crippen LogP contribution in [-0.4, -0.2) is 54.2 Å². The topological polar surface area (TPSA) is 82.1 Å². The van der Waals surface area contributed by atoms with Crippen LogP contribution in [0.5, 0.6) is 0 Å². The maximum Gasteiger partial charge on any atom is 0.328 e. The van der Waals surface area contributed by atoms with Crippen LogP contribution in [0, 0.1) is 0 Å². The normalized spacial score (nSPS) is 20.4. The summed E-state index contributed by atoms with van der Waals surface area (Å²) in [7, 11) is 0. The molecule has 0 saturated carbocycles. The summed E-state index contributed by atoms with van der Waals surface area (Å²) in [4.78, 5) is 26.6. The molecule has 31 heavy (non-hydrogen) atoms. The van der Waals surface area contributed by atoms with Gasteiger partial charge in [-0.15, -0.1) is 0 Å². The molecule has 162 valence electrons. The van der Waals surface area contributed by atoms with Crippen molar-refractivity contribution in [3.8, 4) is 0 Å². The van der Waals surface area contributed by atoms with Crippen LogP contribution < -0.4 is 9.74 Å². The Morgan fingerprint density at radius 1 is 1.13 bits per heavy atom. The third kappa shape index (κ3) is 5.07. The zero-order valence-corrected chi connectivity index (χ0v) is 17.7. The number of benzene rings is 2. The lowest BCUT2D eigenvalue weighted by Crippen LogP contribution is -2.38. The molecule has 0 aromatic heterocycles. The van der Waals surface area contributed by atoms with Crippen LogP contribution in [0.1, 0.15) is 17.5 Å². The molecule has 2 aliphatic rings. The van der Waals surface area contributed by atoms with E-state index in [1.807, 2.05) is 36.4 Å². The minimum absolute atomic E-state index is 0.141. The predicted octanol–water partition coefficient (Wildman–Crippen LogP) is 3.36. The number of nitrogens with one attached hydrogen (secondary N) is 1. The number of rotatable bonds is 5. The third-order valence-corrected chi connectivity index (χ3v) is 5.91. The minimum atomic E-state index is -1.04. The molecular formula is C23H24ClN3O4. The molecule has 2 aromatic carbocycles. The Kier molecular flexibility index (Phi) is 6.56. The van der Waals surface area contributed by atoms with E-state index in [4.69, 9.17) is 16.5 Å². The van der Waals surface area contributed by atoms with Gasteiger partial charge in [0.1, 0.15) is 6.04 Å². The van der Waals surface area contributed by atoms with E-state index in [1.54, 1.807) is 12.1 Å². The number of hydrogen-bond acceptors (Lipinski definition) is 5. The van der Waals surface area contributed by atoms with E-state index in [0.29, 0.717) is 16.9 Å². The van der Waals surface area contributed by atoms with Gasteiger partial charge in [0.2, 0.25) is 5.91 Å². The van der Waals surface area contributed by atoms with Crippen LogP contribution in [0.3, 0.4) is 0 Å². The number of fused-ring (bicyclic) bond motifs is 1. The highest BCUT2D eigenvalue weighted by Crippen LogP contribution is 2.39. The molecule has 2 aromatic rings. The summed E-state index contributed by atoms with van der Waals surface area (Å²) in [5, 5.41) is 12.4. The van der Waals surface area contributed by atoms with E-state index in [2.05, 4.69) is 10.2 Å². The minimum Gasteiger partial charge on any atom is -0.480 e. The lowest BCUT2D eigenvalue weighted by atomic mass is 9.92. The number of carbonyl (C=O) groups excluding carboxylic acids is 1. The molecular weight excluding hydrogens is 418 g/mol. The molecule has 1 amide bonds. The first-order valence-corrected chi connectivity index (χ1v) is 10.5. The summed E-state index contributed by atoms with van der Waals surface area (Å²) in [5.74, 6) is -1.34. The number of halogens is 1. The van der Waals surface area contributed by atoms with E-state index in [-0.39, 0.29) is 12.3 Å². The molecule has 7 nitrogen and oxygen atoms in total. The number of hydrogen-bond donors (Lipinski definition) is 2. The molecule has 2 N–H and O–H groups in total. The number of morpholine rings is 1. The summed E-state index contributed by atoms with van der Waals surface area (Å²) < 4.78 is 6.60. The largest absolute Gasteiger partial charge is 0.480 e. The first-order valence-electron chi connectivity index (χ1n) is 10.2. The molecule has 0 radical (unpaired) electrons. The number of para-hydroxylation sites is 1. The number of carbonyl (C=O) groups is 2. The first-order chi connectivity index (χ1) is 15.0. The fourth-order valence-electron chi connectivity index (χ4n) is 3.87. The summed E-state index contributed by atoms with van der Waals surface area (Å²) in [5.41, 5.74) is 3.83. The number of carboxylic acid groups (broad SMARTS) is 1. The molecule has 1 saturated heterocycles. The SMILES string of the molecule is O=C(C=C1CC(C(=O)O)N(Cl)c2ccccc21)Nc1ccc(CN2CCOCC2)cc1. The highest BCUT2D eigenvalue weighted by Gasteiger charge is 2.33. The van der Waals surface area contributed by atoms with Crippen LogP contribution in [0.2, 0.25) is 0 Å². The second-order valence-corrected chi connectivity index (χ2v) is 7.99. The number of anilines is 2. The molecule has 1 unspecified atom stereocenters. The second-order valence-electron chi connectivity index (χ2n) is 7.63. The van der Waals surface area contributed by atoms with Crippen molar-refractivity contribution in [3.63, 3.8) is 0 Å². The Labute approximate surface area is 186 Å². The lowest BCUT2D eigenvalue weighted by molar-refractivity contribution is -0.138. The van der Waals surface area contributed by atoms with Crippen LogP contribution in [-0.2, 0) is 20.9 Å². The second kappa shape index (κ2) is 9.51. The Hall–Kier alpha value is -2.87. The Balaban J connectivity index is 1.46. The molecule has 0 spiro atoms. The van der Waals surface area contributed by atoms with Gasteiger partial charge in [-0.05, 0) is 29.3 Å². The molecule has 2 heterocycles. The van der Waals surface area contributed by atoms with Gasteiger partial charge >= 0.3 is 5.97 Å². The first kappa shape index (κ1) is 21.4. The average Bonchev–Trinajstić information content (AvgIpc) is 2.77. The fraction of sp³-hybridized carbons (Fsp3) is 0.304. The summed E-state index contributed by atoms with van der Waals surface area (Å²) >= 11 is 6.24. The van der Waals surface area contributed by atoms with Crippen molar-refractivity contribution in [1.82, 2.24) is 4.90 Å². The molecule has 2 aliphatic heterocycles. The Morgan fingerprint density at radius 2 is 1.84 bits per heavy atom. The Morgan fingerprint density at radius 3 is 2.55 bits per heavy atom. The number of aliphatic carboxylic acids is 1. The molecule has 1 atom stereocenters. The maximum atomic E-state index is 12.6. The molecule has 0 bridgehead atoms. The van der Waals surface area contributed by atoms with Crippen molar-refractivity contribution in [2.24, 2.45) is 0 Å². The van der Waals surface area contributed by atoms with Crippen LogP contribution in [0.15, 0.2) is 54.6 Å². The Bertz CT molecular complexity index is 987. The van der Waals surface area contributed by atoms with Crippen LogP contribution in [0.4, 0.5) is 11.4 Å². The van der Waals surface area contributed by atoms with Crippen molar-refractivity contribution in [3.05, 3.63) is 65.7 Å². The highest BCUT2D eigenvalue weighted by atomic mass is 35.5. The smallest absolute Gasteiger partial charge is 0.328 e. The lowest BCUT2D eigenvalue weighted by Gasteiger charge is -2.32. The molecule has 8 heteroatoms. The van der Waals surface area contributed by atoms with Crippen molar-refractivity contribution >= 4 is 40.6 Å². The number of nitrogens with zero attached hydrogens (tertiary/aromatic N) is 2. The van der Waals surface area contributed by atoms with E-state index >= 15 is 0 Å². The summed E-state index contributed by atoms with van der Waals surface area (Å²) in [6.07, 6.45) is 1.60. The number of amides is 1. The summed E-state index contributed by atoms with van der Waals surface area (Å²) in [6.45, 7) is 4.21. The van der Waals surface area contributed by atoms with Gasteiger partial charge in [0, 0.05) is 55.2 Å². The van der Waals surface area contributed by atoms with Gasteiger partial charge in [0.15, 0.2) is 0 Å². The average molecular weight is 442 g/mol. The van der Waals surface area contributed by atoms with E-state index in [1.165, 1.54) is 16.1 Å². The maximum absolute atomic E-state index is 12.6. The van der Waals surface area contributed by atoms with Gasteiger partial charge in [0.05, 0.1) is 18.9 Å². The molecule has 1 fully saturated rings. The molecule has 0 aliphatic carbocycles. The van der Waals surface area contributed by atoms with Crippen molar-refractivity contribution in [2.75, 3.05) is 36.0 Å². The predicted molar refractivity (Wildman–Crippen MR) is 120 cm³/mol. The van der Waals surface area contributed by atoms with Gasteiger partial charge in [-0.25, -0.2) is 4.79 Å². The van der Waals surface area contributed by atoms with Crippen molar-refractivity contribution in [2.45, 2.75) is 19.0 Å².